The highest BCUT2D eigenvalue weighted by Gasteiger charge is 2.23. The number of hydrogen-bond acceptors (Lipinski definition) is 8. The monoisotopic (exact) mass is 468 g/mol. The lowest BCUT2D eigenvalue weighted by Gasteiger charge is -2.27. The highest BCUT2D eigenvalue weighted by molar-refractivity contribution is 7.15. The second kappa shape index (κ2) is 10.0. The Kier molecular flexibility index (Phi) is 6.93. The molecule has 1 aliphatic heterocycles. The minimum absolute atomic E-state index is 0.260. The molecule has 0 radical (unpaired) electrons. The van der Waals surface area contributed by atoms with Crippen molar-refractivity contribution >= 4 is 34.0 Å². The summed E-state index contributed by atoms with van der Waals surface area (Å²) in [4.78, 5) is 29.1. The number of rotatable bonds is 7. The maximum atomic E-state index is 12.6. The van der Waals surface area contributed by atoms with E-state index in [9.17, 15) is 4.79 Å². The highest BCUT2D eigenvalue weighted by atomic mass is 32.1. The smallest absolute Gasteiger partial charge is 0.325 e. The summed E-state index contributed by atoms with van der Waals surface area (Å²) >= 11 is 1.48. The molecule has 9 nitrogen and oxygen atoms in total. The van der Waals surface area contributed by atoms with E-state index in [0.29, 0.717) is 23.5 Å². The number of anilines is 3. The Bertz CT molecular complexity index is 1110. The van der Waals surface area contributed by atoms with Crippen molar-refractivity contribution in [3.8, 4) is 11.9 Å². The number of benzene rings is 1. The van der Waals surface area contributed by atoms with Crippen LogP contribution in [-0.4, -0.2) is 41.7 Å². The molecule has 0 saturated heterocycles. The van der Waals surface area contributed by atoms with Gasteiger partial charge in [0.1, 0.15) is 5.82 Å². The number of nitrogens with zero attached hydrogens (tertiary/aromatic N) is 4. The van der Waals surface area contributed by atoms with E-state index in [1.807, 2.05) is 24.3 Å². The zero-order valence-corrected chi connectivity index (χ0v) is 20.0. The van der Waals surface area contributed by atoms with Crippen molar-refractivity contribution in [2.24, 2.45) is 5.92 Å². The van der Waals surface area contributed by atoms with Gasteiger partial charge in [-0.1, -0.05) is 43.4 Å². The fraction of sp³-hybridized carbons (Fsp3) is 0.391. The molecule has 10 heteroatoms. The number of methoxy groups -OCH3 is 2. The molecule has 3 aromatic rings. The second-order valence-electron chi connectivity index (χ2n) is 8.15. The molecule has 0 bridgehead atoms. The molecule has 3 heterocycles. The average Bonchev–Trinajstić information content (AvgIpc) is 3.20. The first-order valence-electron chi connectivity index (χ1n) is 10.8. The van der Waals surface area contributed by atoms with Crippen molar-refractivity contribution in [2.75, 3.05) is 36.3 Å². The number of amides is 2. The lowest BCUT2D eigenvalue weighted by Crippen LogP contribution is -2.30. The van der Waals surface area contributed by atoms with Crippen molar-refractivity contribution in [1.29, 1.82) is 0 Å². The Morgan fingerprint density at radius 2 is 1.97 bits per heavy atom. The zero-order valence-electron chi connectivity index (χ0n) is 19.2. The van der Waals surface area contributed by atoms with Gasteiger partial charge in [-0.2, -0.15) is 9.97 Å². The summed E-state index contributed by atoms with van der Waals surface area (Å²) in [5.74, 6) is 1.68. The lowest BCUT2D eigenvalue weighted by atomic mass is 10.0. The fourth-order valence-corrected chi connectivity index (χ4v) is 4.72. The summed E-state index contributed by atoms with van der Waals surface area (Å²) in [5, 5.41) is 6.44. The number of carbonyl (C=O) groups excluding carboxylic acids is 1. The van der Waals surface area contributed by atoms with Crippen LogP contribution in [0.4, 0.5) is 21.4 Å². The third kappa shape index (κ3) is 5.51. The lowest BCUT2D eigenvalue weighted by molar-refractivity contribution is 0.262. The molecule has 0 spiro atoms. The van der Waals surface area contributed by atoms with Crippen LogP contribution in [0.25, 0.3) is 0 Å². The van der Waals surface area contributed by atoms with Crippen LogP contribution in [0.2, 0.25) is 0 Å². The molecule has 0 aliphatic carbocycles. The standard InChI is InChI=1S/C23H28N6O3S/c1-14(2)11-15-7-5-6-8-16(15)24-21(30)28-23-25-17-9-10-29(13-18(17)33-23)19-12-20(31-3)27-22(26-19)32-4/h5-8,12,14H,9-11,13H2,1-4H3,(H2,24,25,28,30). The Hall–Kier alpha value is -3.40. The topological polar surface area (TPSA) is 102 Å². The maximum Gasteiger partial charge on any atom is 0.325 e. The van der Waals surface area contributed by atoms with Crippen LogP contribution in [0.3, 0.4) is 0 Å². The van der Waals surface area contributed by atoms with Gasteiger partial charge in [0, 0.05) is 29.6 Å². The van der Waals surface area contributed by atoms with Gasteiger partial charge in [-0.25, -0.2) is 9.78 Å². The van der Waals surface area contributed by atoms with Gasteiger partial charge in [0.2, 0.25) is 5.88 Å². The van der Waals surface area contributed by atoms with Crippen molar-refractivity contribution in [3.05, 3.63) is 46.5 Å². The molecule has 0 saturated carbocycles. The molecule has 1 aliphatic rings. The van der Waals surface area contributed by atoms with Gasteiger partial charge in [0.05, 0.1) is 26.5 Å². The summed E-state index contributed by atoms with van der Waals surface area (Å²) in [6.45, 7) is 5.70. The van der Waals surface area contributed by atoms with Gasteiger partial charge in [0.15, 0.2) is 5.13 Å². The molecule has 0 unspecified atom stereocenters. The van der Waals surface area contributed by atoms with E-state index < -0.39 is 0 Å². The van der Waals surface area contributed by atoms with Gasteiger partial charge in [-0.15, -0.1) is 0 Å². The molecular weight excluding hydrogens is 440 g/mol. The summed E-state index contributed by atoms with van der Waals surface area (Å²) in [5.41, 5.74) is 2.94. The van der Waals surface area contributed by atoms with E-state index in [-0.39, 0.29) is 12.0 Å². The SMILES string of the molecule is COc1cc(N2CCc3nc(NC(=O)Nc4ccccc4CC(C)C)sc3C2)nc(OC)n1. The summed E-state index contributed by atoms with van der Waals surface area (Å²) < 4.78 is 10.5. The number of hydrogen-bond donors (Lipinski definition) is 2. The predicted molar refractivity (Wildman–Crippen MR) is 130 cm³/mol. The quantitative estimate of drug-likeness (QED) is 0.531. The molecular formula is C23H28N6O3S. The first kappa shape index (κ1) is 22.8. The van der Waals surface area contributed by atoms with Crippen molar-refractivity contribution < 1.29 is 14.3 Å². The van der Waals surface area contributed by atoms with E-state index in [2.05, 4.69) is 44.3 Å². The highest BCUT2D eigenvalue weighted by Crippen LogP contribution is 2.32. The Morgan fingerprint density at radius 1 is 1.15 bits per heavy atom. The Labute approximate surface area is 197 Å². The van der Waals surface area contributed by atoms with Crippen LogP contribution < -0.4 is 25.0 Å². The van der Waals surface area contributed by atoms with E-state index in [1.165, 1.54) is 18.4 Å². The number of thiazole rings is 1. The number of ether oxygens (including phenoxy) is 2. The number of carbonyl (C=O) groups is 1. The molecule has 4 rings (SSSR count). The van der Waals surface area contributed by atoms with Crippen molar-refractivity contribution in [2.45, 2.75) is 33.2 Å². The van der Waals surface area contributed by atoms with E-state index in [4.69, 9.17) is 9.47 Å². The number of aromatic nitrogens is 3. The van der Waals surface area contributed by atoms with Gasteiger partial charge in [-0.05, 0) is 24.0 Å². The second-order valence-corrected chi connectivity index (χ2v) is 9.23. The third-order valence-corrected chi connectivity index (χ3v) is 6.23. The minimum atomic E-state index is -0.292. The Balaban J connectivity index is 1.44. The van der Waals surface area contributed by atoms with Gasteiger partial charge in [-0.3, -0.25) is 5.32 Å². The third-order valence-electron chi connectivity index (χ3n) is 5.23. The summed E-state index contributed by atoms with van der Waals surface area (Å²) in [6.07, 6.45) is 1.65. The summed E-state index contributed by atoms with van der Waals surface area (Å²) in [7, 11) is 3.09. The number of urea groups is 1. The van der Waals surface area contributed by atoms with Crippen LogP contribution >= 0.6 is 11.3 Å². The molecule has 2 aromatic heterocycles. The van der Waals surface area contributed by atoms with Crippen LogP contribution in [0.1, 0.15) is 30.0 Å². The van der Waals surface area contributed by atoms with Gasteiger partial charge >= 0.3 is 12.0 Å². The van der Waals surface area contributed by atoms with E-state index >= 15 is 0 Å². The molecule has 174 valence electrons. The Morgan fingerprint density at radius 3 is 2.73 bits per heavy atom. The van der Waals surface area contributed by atoms with Crippen molar-refractivity contribution in [1.82, 2.24) is 15.0 Å². The van der Waals surface area contributed by atoms with Gasteiger partial charge < -0.3 is 19.7 Å². The largest absolute Gasteiger partial charge is 0.481 e. The fourth-order valence-electron chi connectivity index (χ4n) is 3.71. The first-order chi connectivity index (χ1) is 15.9. The molecule has 1 aromatic carbocycles. The molecule has 33 heavy (non-hydrogen) atoms. The van der Waals surface area contributed by atoms with Crippen LogP contribution in [-0.2, 0) is 19.4 Å². The zero-order chi connectivity index (χ0) is 23.4. The minimum Gasteiger partial charge on any atom is -0.481 e. The van der Waals surface area contributed by atoms with Crippen molar-refractivity contribution in [3.63, 3.8) is 0 Å². The average molecular weight is 469 g/mol. The molecule has 2 amide bonds. The maximum absolute atomic E-state index is 12.6. The van der Waals surface area contributed by atoms with E-state index in [0.717, 1.165) is 47.0 Å². The number of para-hydroxylation sites is 1. The van der Waals surface area contributed by atoms with E-state index in [1.54, 1.807) is 13.2 Å². The normalized spacial score (nSPS) is 12.9. The molecule has 0 atom stereocenters. The predicted octanol–water partition coefficient (Wildman–Crippen LogP) is 4.36. The van der Waals surface area contributed by atoms with Crippen LogP contribution in [0.15, 0.2) is 30.3 Å². The van der Waals surface area contributed by atoms with Gasteiger partial charge in [0.25, 0.3) is 0 Å². The van der Waals surface area contributed by atoms with Crippen LogP contribution in [0.5, 0.6) is 11.9 Å². The number of nitrogens with one attached hydrogen (secondary N) is 2. The molecule has 2 N–H and O–H groups in total. The first-order valence-corrected chi connectivity index (χ1v) is 11.6. The summed E-state index contributed by atoms with van der Waals surface area (Å²) in [6, 6.07) is 9.64. The van der Waals surface area contributed by atoms with Crippen LogP contribution in [0, 0.1) is 5.92 Å². The molecule has 0 fully saturated rings. The number of fused-ring (bicyclic) bond motifs is 1.